The smallest absolute Gasteiger partial charge is 0.342 e. The molecule has 2 rings (SSSR count). The Labute approximate surface area is 121 Å². The predicted molar refractivity (Wildman–Crippen MR) is 75.5 cm³/mol. The van der Waals surface area contributed by atoms with Crippen molar-refractivity contribution >= 4 is 27.2 Å². The number of hydrogen-bond donors (Lipinski definition) is 1. The molecule has 1 aliphatic rings. The van der Waals surface area contributed by atoms with Gasteiger partial charge in [-0.2, -0.15) is 0 Å². The first-order valence-electron chi connectivity index (χ1n) is 6.20. The maximum atomic E-state index is 11.6. The third kappa shape index (κ3) is 2.97. The summed E-state index contributed by atoms with van der Waals surface area (Å²) < 4.78 is 23.2. The fourth-order valence-electron chi connectivity index (χ4n) is 2.48. The van der Waals surface area contributed by atoms with Crippen LogP contribution in [-0.2, 0) is 9.84 Å². The van der Waals surface area contributed by atoms with Crippen LogP contribution in [0.4, 0.5) is 11.4 Å². The molecule has 0 aromatic heterocycles. The van der Waals surface area contributed by atoms with Crippen molar-refractivity contribution in [2.45, 2.75) is 13.0 Å². The highest BCUT2D eigenvalue weighted by molar-refractivity contribution is 7.91. The number of hydrogen-bond acceptors (Lipinski definition) is 6. The number of benzene rings is 1. The van der Waals surface area contributed by atoms with E-state index in [0.29, 0.717) is 0 Å². The SMILES string of the molecule is CC1CS(=O)(=O)CCN1c1cccc(C(=O)O)c1[N+](=O)[O-]. The zero-order chi connectivity index (χ0) is 15.8. The summed E-state index contributed by atoms with van der Waals surface area (Å²) in [5, 5.41) is 20.3. The van der Waals surface area contributed by atoms with E-state index < -0.39 is 38.0 Å². The molecule has 1 fully saturated rings. The zero-order valence-electron chi connectivity index (χ0n) is 11.2. The van der Waals surface area contributed by atoms with Crippen molar-refractivity contribution in [3.8, 4) is 0 Å². The Morgan fingerprint density at radius 2 is 2.14 bits per heavy atom. The lowest BCUT2D eigenvalue weighted by molar-refractivity contribution is -0.384. The molecule has 0 aliphatic carbocycles. The summed E-state index contributed by atoms with van der Waals surface area (Å²) in [6, 6.07) is 3.57. The van der Waals surface area contributed by atoms with E-state index in [1.807, 2.05) is 0 Å². The summed E-state index contributed by atoms with van der Waals surface area (Å²) in [5.74, 6) is -1.60. The van der Waals surface area contributed by atoms with Gasteiger partial charge < -0.3 is 10.0 Å². The first-order chi connectivity index (χ1) is 9.73. The van der Waals surface area contributed by atoms with E-state index in [1.54, 1.807) is 11.8 Å². The highest BCUT2D eigenvalue weighted by atomic mass is 32.2. The van der Waals surface area contributed by atoms with E-state index in [2.05, 4.69) is 0 Å². The normalized spacial score (nSPS) is 21.0. The molecule has 0 saturated carbocycles. The fourth-order valence-corrected chi connectivity index (χ4v) is 4.04. The van der Waals surface area contributed by atoms with Gasteiger partial charge >= 0.3 is 11.7 Å². The van der Waals surface area contributed by atoms with Crippen molar-refractivity contribution in [3.63, 3.8) is 0 Å². The van der Waals surface area contributed by atoms with Crippen LogP contribution < -0.4 is 4.90 Å². The molecule has 1 saturated heterocycles. The van der Waals surface area contributed by atoms with Gasteiger partial charge in [-0.25, -0.2) is 13.2 Å². The van der Waals surface area contributed by atoms with Gasteiger partial charge in [0, 0.05) is 12.6 Å². The number of rotatable bonds is 3. The van der Waals surface area contributed by atoms with Crippen molar-refractivity contribution in [2.75, 3.05) is 23.0 Å². The molecule has 114 valence electrons. The van der Waals surface area contributed by atoms with Crippen LogP contribution in [0.2, 0.25) is 0 Å². The van der Waals surface area contributed by atoms with Gasteiger partial charge in [0.05, 0.1) is 16.4 Å². The minimum Gasteiger partial charge on any atom is -0.477 e. The van der Waals surface area contributed by atoms with Crippen LogP contribution >= 0.6 is 0 Å². The van der Waals surface area contributed by atoms with Crippen molar-refractivity contribution in [1.82, 2.24) is 0 Å². The Hall–Kier alpha value is -2.16. The molecule has 1 aromatic carbocycles. The molecular weight excluding hydrogens is 300 g/mol. The lowest BCUT2D eigenvalue weighted by atomic mass is 10.1. The number of sulfone groups is 1. The molecule has 1 atom stereocenters. The third-order valence-corrected chi connectivity index (χ3v) is 5.20. The molecule has 0 bridgehead atoms. The van der Waals surface area contributed by atoms with Gasteiger partial charge in [0.2, 0.25) is 0 Å². The van der Waals surface area contributed by atoms with E-state index in [4.69, 9.17) is 5.11 Å². The highest BCUT2D eigenvalue weighted by Gasteiger charge is 2.34. The molecule has 21 heavy (non-hydrogen) atoms. The Kier molecular flexibility index (Phi) is 3.86. The topological polar surface area (TPSA) is 118 Å². The largest absolute Gasteiger partial charge is 0.477 e. The molecule has 1 unspecified atom stereocenters. The number of nitro groups is 1. The van der Waals surface area contributed by atoms with Crippen LogP contribution in [0.15, 0.2) is 18.2 Å². The highest BCUT2D eigenvalue weighted by Crippen LogP contribution is 2.34. The number of nitrogens with zero attached hydrogens (tertiary/aromatic N) is 2. The molecule has 0 radical (unpaired) electrons. The lowest BCUT2D eigenvalue weighted by Gasteiger charge is -2.34. The first-order valence-corrected chi connectivity index (χ1v) is 8.03. The van der Waals surface area contributed by atoms with Gasteiger partial charge in [-0.05, 0) is 19.1 Å². The molecule has 0 amide bonds. The molecular formula is C12H14N2O6S. The molecule has 1 aromatic rings. The average Bonchev–Trinajstić information content (AvgIpc) is 2.36. The van der Waals surface area contributed by atoms with Gasteiger partial charge in [0.1, 0.15) is 11.3 Å². The summed E-state index contributed by atoms with van der Waals surface area (Å²) >= 11 is 0. The number of carboxylic acids is 1. The summed E-state index contributed by atoms with van der Waals surface area (Å²) in [4.78, 5) is 23.2. The monoisotopic (exact) mass is 314 g/mol. The Bertz CT molecular complexity index is 700. The Morgan fingerprint density at radius 3 is 2.67 bits per heavy atom. The molecule has 9 heteroatoms. The van der Waals surface area contributed by atoms with Crippen LogP contribution in [0.1, 0.15) is 17.3 Å². The first kappa shape index (κ1) is 15.2. The summed E-state index contributed by atoms with van der Waals surface area (Å²) in [5.41, 5.74) is -0.767. The summed E-state index contributed by atoms with van der Waals surface area (Å²) in [7, 11) is -3.16. The number of aromatic carboxylic acids is 1. The quantitative estimate of drug-likeness (QED) is 0.651. The van der Waals surface area contributed by atoms with Crippen LogP contribution in [0.25, 0.3) is 0 Å². The zero-order valence-corrected chi connectivity index (χ0v) is 12.0. The molecule has 0 spiro atoms. The minimum absolute atomic E-state index is 0.105. The van der Waals surface area contributed by atoms with E-state index in [1.165, 1.54) is 12.1 Å². The maximum absolute atomic E-state index is 11.6. The third-order valence-electron chi connectivity index (χ3n) is 3.41. The maximum Gasteiger partial charge on any atom is 0.342 e. The molecule has 1 heterocycles. The molecule has 1 N–H and O–H groups in total. The van der Waals surface area contributed by atoms with E-state index in [-0.39, 0.29) is 23.7 Å². The van der Waals surface area contributed by atoms with Gasteiger partial charge in [0.15, 0.2) is 9.84 Å². The second kappa shape index (κ2) is 5.32. The Morgan fingerprint density at radius 1 is 1.48 bits per heavy atom. The molecule has 1 aliphatic heterocycles. The van der Waals surface area contributed by atoms with Crippen molar-refractivity contribution in [3.05, 3.63) is 33.9 Å². The number of anilines is 1. The van der Waals surface area contributed by atoms with Crippen LogP contribution in [-0.4, -0.2) is 48.5 Å². The fraction of sp³-hybridized carbons (Fsp3) is 0.417. The predicted octanol–water partition coefficient (Wildman–Crippen LogP) is 0.916. The lowest BCUT2D eigenvalue weighted by Crippen LogP contribution is -2.47. The number of carboxylic acid groups (broad SMARTS) is 1. The summed E-state index contributed by atoms with van der Waals surface area (Å²) in [6.45, 7) is 1.75. The average molecular weight is 314 g/mol. The van der Waals surface area contributed by atoms with Gasteiger partial charge in [-0.15, -0.1) is 0 Å². The van der Waals surface area contributed by atoms with E-state index in [0.717, 1.165) is 6.07 Å². The van der Waals surface area contributed by atoms with Crippen LogP contribution in [0.3, 0.4) is 0 Å². The van der Waals surface area contributed by atoms with Gasteiger partial charge in [-0.3, -0.25) is 10.1 Å². The number of carbonyl (C=O) groups is 1. The number of nitro benzene ring substituents is 1. The second-order valence-corrected chi connectivity index (χ2v) is 7.12. The van der Waals surface area contributed by atoms with Crippen LogP contribution in [0, 0.1) is 10.1 Å². The van der Waals surface area contributed by atoms with Crippen LogP contribution in [0.5, 0.6) is 0 Å². The molecule has 8 nitrogen and oxygen atoms in total. The van der Waals surface area contributed by atoms with Crippen molar-refractivity contribution < 1.29 is 23.2 Å². The number of para-hydroxylation sites is 1. The van der Waals surface area contributed by atoms with Gasteiger partial charge in [0.25, 0.3) is 0 Å². The van der Waals surface area contributed by atoms with E-state index in [9.17, 15) is 23.3 Å². The van der Waals surface area contributed by atoms with Crippen molar-refractivity contribution in [2.24, 2.45) is 0 Å². The van der Waals surface area contributed by atoms with Gasteiger partial charge in [-0.1, -0.05) is 6.07 Å². The van der Waals surface area contributed by atoms with Crippen molar-refractivity contribution in [1.29, 1.82) is 0 Å². The summed E-state index contributed by atoms with van der Waals surface area (Å²) in [6.07, 6.45) is 0. The standard InChI is InChI=1S/C12H14N2O6S/c1-8-7-21(19,20)6-5-13(8)10-4-2-3-9(12(15)16)11(10)14(17)18/h2-4,8H,5-7H2,1H3,(H,15,16). The van der Waals surface area contributed by atoms with E-state index >= 15 is 0 Å². The Balaban J connectivity index is 2.52. The minimum atomic E-state index is -3.16. The second-order valence-electron chi connectivity index (χ2n) is 4.89.